The zero-order chi connectivity index (χ0) is 10.8. The molecule has 0 aromatic heterocycles. The zero-order valence-electron chi connectivity index (χ0n) is 8.20. The normalized spacial score (nSPS) is 9.79. The van der Waals surface area contributed by atoms with Crippen LogP contribution >= 0.6 is 11.8 Å². The Bertz CT molecular complexity index is 192. The smallest absolute Gasteiger partial charge is 0.193 e. The molecule has 14 heavy (non-hydrogen) atoms. The monoisotopic (exact) mass is 218 g/mol. The molecule has 6 N–H and O–H groups in total. The van der Waals surface area contributed by atoms with Crippen LogP contribution < -0.4 is 11.5 Å². The molecule has 0 saturated heterocycles. The van der Waals surface area contributed by atoms with Crippen LogP contribution in [0.25, 0.3) is 0 Å². The Balaban J connectivity index is 3.28. The number of amidine groups is 1. The maximum absolute atomic E-state index is 8.53. The highest BCUT2D eigenvalue weighted by molar-refractivity contribution is 8.13. The van der Waals surface area contributed by atoms with Crippen molar-refractivity contribution in [3.05, 3.63) is 0 Å². The van der Waals surface area contributed by atoms with Gasteiger partial charge in [-0.2, -0.15) is 4.99 Å². The van der Waals surface area contributed by atoms with Gasteiger partial charge in [0.2, 0.25) is 0 Å². The third kappa shape index (κ3) is 9.34. The van der Waals surface area contributed by atoms with E-state index in [9.17, 15) is 0 Å². The van der Waals surface area contributed by atoms with Gasteiger partial charge in [0.05, 0.1) is 0 Å². The second kappa shape index (κ2) is 8.83. The Morgan fingerprint density at radius 2 is 1.86 bits per heavy atom. The van der Waals surface area contributed by atoms with Gasteiger partial charge in [0.25, 0.3) is 0 Å². The fourth-order valence-corrected chi connectivity index (χ4v) is 1.60. The molecule has 0 saturated carbocycles. The van der Waals surface area contributed by atoms with E-state index >= 15 is 0 Å². The number of thioether (sulfide) groups is 1. The first-order valence-electron chi connectivity index (χ1n) is 4.58. The van der Waals surface area contributed by atoms with E-state index in [-0.39, 0.29) is 17.7 Å². The van der Waals surface area contributed by atoms with Crippen molar-refractivity contribution in [3.63, 3.8) is 0 Å². The molecule has 0 atom stereocenters. The number of nitrogens with zero attached hydrogens (tertiary/aromatic N) is 1. The van der Waals surface area contributed by atoms with Crippen LogP contribution in [0.1, 0.15) is 25.7 Å². The molecule has 0 aromatic carbocycles. The summed E-state index contributed by atoms with van der Waals surface area (Å²) in [6.45, 7) is 0.261. The van der Waals surface area contributed by atoms with Crippen molar-refractivity contribution in [2.45, 2.75) is 25.7 Å². The molecule has 0 radical (unpaired) electrons. The lowest BCUT2D eigenvalue weighted by Crippen LogP contribution is -2.23. The Labute approximate surface area is 88.5 Å². The standard InChI is InChI=1S/C8H18N4OS/c9-7(10)12-8(11)14-6-4-2-1-3-5-13/h13H,1-6H2,(H5,9,10,11,12). The third-order valence-corrected chi connectivity index (χ3v) is 2.38. The van der Waals surface area contributed by atoms with Crippen molar-refractivity contribution in [1.29, 1.82) is 5.41 Å². The van der Waals surface area contributed by atoms with E-state index in [1.165, 1.54) is 11.8 Å². The third-order valence-electron chi connectivity index (χ3n) is 1.52. The van der Waals surface area contributed by atoms with E-state index in [2.05, 4.69) is 4.99 Å². The maximum atomic E-state index is 8.53. The van der Waals surface area contributed by atoms with Crippen LogP contribution in [0.3, 0.4) is 0 Å². The van der Waals surface area contributed by atoms with Crippen molar-refractivity contribution in [2.75, 3.05) is 12.4 Å². The topological polar surface area (TPSA) is 108 Å². The van der Waals surface area contributed by atoms with Crippen LogP contribution in [0.4, 0.5) is 0 Å². The van der Waals surface area contributed by atoms with E-state index in [1.807, 2.05) is 0 Å². The summed E-state index contributed by atoms with van der Waals surface area (Å²) in [6.07, 6.45) is 3.98. The maximum Gasteiger partial charge on any atom is 0.193 e. The van der Waals surface area contributed by atoms with Gasteiger partial charge in [-0.05, 0) is 12.8 Å². The summed E-state index contributed by atoms with van der Waals surface area (Å²) in [6, 6.07) is 0. The highest BCUT2D eigenvalue weighted by atomic mass is 32.2. The molecule has 82 valence electrons. The lowest BCUT2D eigenvalue weighted by molar-refractivity contribution is 0.283. The summed E-state index contributed by atoms with van der Waals surface area (Å²) in [5.74, 6) is 0.781. The van der Waals surface area contributed by atoms with Gasteiger partial charge >= 0.3 is 0 Å². The van der Waals surface area contributed by atoms with Gasteiger partial charge in [0, 0.05) is 12.4 Å². The van der Waals surface area contributed by atoms with Crippen LogP contribution in [0, 0.1) is 5.41 Å². The Kier molecular flexibility index (Phi) is 8.36. The van der Waals surface area contributed by atoms with Gasteiger partial charge in [-0.3, -0.25) is 5.41 Å². The molecular formula is C8H18N4OS. The molecule has 5 nitrogen and oxygen atoms in total. The number of rotatable bonds is 6. The number of hydrogen-bond acceptors (Lipinski definition) is 3. The van der Waals surface area contributed by atoms with E-state index < -0.39 is 0 Å². The van der Waals surface area contributed by atoms with Crippen LogP contribution in [0.2, 0.25) is 0 Å². The first kappa shape index (κ1) is 13.2. The number of aliphatic hydroxyl groups is 1. The number of nitrogens with one attached hydrogen (secondary N) is 1. The molecule has 0 spiro atoms. The summed E-state index contributed by atoms with van der Waals surface area (Å²) < 4.78 is 0. The van der Waals surface area contributed by atoms with Crippen molar-refractivity contribution in [1.82, 2.24) is 0 Å². The SMILES string of the molecule is N=C(N=C(N)N)SCCCCCCO. The van der Waals surface area contributed by atoms with Crippen molar-refractivity contribution in [3.8, 4) is 0 Å². The number of aliphatic hydroxyl groups excluding tert-OH is 1. The van der Waals surface area contributed by atoms with Crippen LogP contribution in [-0.4, -0.2) is 28.6 Å². The van der Waals surface area contributed by atoms with Crippen LogP contribution in [0.5, 0.6) is 0 Å². The van der Waals surface area contributed by atoms with Gasteiger partial charge < -0.3 is 16.6 Å². The first-order valence-corrected chi connectivity index (χ1v) is 5.57. The first-order chi connectivity index (χ1) is 6.66. The number of guanidine groups is 1. The Morgan fingerprint density at radius 1 is 1.21 bits per heavy atom. The minimum Gasteiger partial charge on any atom is -0.396 e. The second-order valence-corrected chi connectivity index (χ2v) is 3.91. The van der Waals surface area contributed by atoms with Crippen LogP contribution in [0.15, 0.2) is 4.99 Å². The average Bonchev–Trinajstić information content (AvgIpc) is 2.10. The lowest BCUT2D eigenvalue weighted by atomic mass is 10.2. The summed E-state index contributed by atoms with van der Waals surface area (Å²) in [5, 5.41) is 16.0. The van der Waals surface area contributed by atoms with Crippen LogP contribution in [-0.2, 0) is 0 Å². The van der Waals surface area contributed by atoms with Gasteiger partial charge in [-0.25, -0.2) is 0 Å². The van der Waals surface area contributed by atoms with Crippen molar-refractivity contribution >= 4 is 22.9 Å². The number of nitrogens with two attached hydrogens (primary N) is 2. The summed E-state index contributed by atoms with van der Waals surface area (Å²) in [7, 11) is 0. The molecule has 6 heteroatoms. The quantitative estimate of drug-likeness (QED) is 0.295. The van der Waals surface area contributed by atoms with E-state index in [0.29, 0.717) is 0 Å². The average molecular weight is 218 g/mol. The van der Waals surface area contributed by atoms with Crippen molar-refractivity contribution in [2.24, 2.45) is 16.5 Å². The number of hydrogen-bond donors (Lipinski definition) is 4. The highest BCUT2D eigenvalue weighted by Crippen LogP contribution is 2.09. The molecule has 0 heterocycles. The molecule has 0 aliphatic rings. The number of unbranched alkanes of at least 4 members (excludes halogenated alkanes) is 3. The van der Waals surface area contributed by atoms with E-state index in [4.69, 9.17) is 22.0 Å². The largest absolute Gasteiger partial charge is 0.396 e. The molecule has 0 amide bonds. The molecule has 0 rings (SSSR count). The van der Waals surface area contributed by atoms with E-state index in [0.717, 1.165) is 31.4 Å². The van der Waals surface area contributed by atoms with Gasteiger partial charge in [0.1, 0.15) is 0 Å². The minimum atomic E-state index is -0.0669. The fourth-order valence-electron chi connectivity index (χ4n) is 0.886. The van der Waals surface area contributed by atoms with E-state index in [1.54, 1.807) is 0 Å². The van der Waals surface area contributed by atoms with Gasteiger partial charge in [0.15, 0.2) is 11.1 Å². The fraction of sp³-hybridized carbons (Fsp3) is 0.750. The molecule has 0 unspecified atom stereocenters. The number of aliphatic imine (C=N–C) groups is 1. The lowest BCUT2D eigenvalue weighted by Gasteiger charge is -1.99. The minimum absolute atomic E-state index is 0.0669. The molecule has 0 aromatic rings. The Morgan fingerprint density at radius 3 is 2.43 bits per heavy atom. The van der Waals surface area contributed by atoms with Crippen molar-refractivity contribution < 1.29 is 5.11 Å². The molecular weight excluding hydrogens is 200 g/mol. The molecule has 0 aliphatic carbocycles. The zero-order valence-corrected chi connectivity index (χ0v) is 9.02. The summed E-state index contributed by atoms with van der Waals surface area (Å²) in [5.41, 5.74) is 10.2. The predicted molar refractivity (Wildman–Crippen MR) is 61.5 cm³/mol. The molecule has 0 bridgehead atoms. The second-order valence-electron chi connectivity index (χ2n) is 2.83. The summed E-state index contributed by atoms with van der Waals surface area (Å²) in [4.78, 5) is 3.59. The molecule has 0 aliphatic heterocycles. The highest BCUT2D eigenvalue weighted by Gasteiger charge is 1.96. The summed E-state index contributed by atoms with van der Waals surface area (Å²) >= 11 is 1.34. The van der Waals surface area contributed by atoms with Gasteiger partial charge in [-0.15, -0.1) is 0 Å². The molecule has 0 fully saturated rings. The Hall–Kier alpha value is -0.750. The van der Waals surface area contributed by atoms with Gasteiger partial charge in [-0.1, -0.05) is 24.6 Å². The predicted octanol–water partition coefficient (Wildman–Crippen LogP) is 0.480.